The molecule has 0 atom stereocenters. The van der Waals surface area contributed by atoms with Crippen molar-refractivity contribution in [2.45, 2.75) is 59.3 Å². The molecule has 0 unspecified atom stereocenters. The van der Waals surface area contributed by atoms with Crippen molar-refractivity contribution in [3.8, 4) is 0 Å². The fraction of sp³-hybridized carbons (Fsp3) is 0.846. The van der Waals surface area contributed by atoms with E-state index in [4.69, 9.17) is 5.11 Å². The van der Waals surface area contributed by atoms with Crippen LogP contribution in [0.2, 0.25) is 0 Å². The van der Waals surface area contributed by atoms with Gasteiger partial charge in [-0.3, -0.25) is 9.59 Å². The number of carbonyl (C=O) groups is 2. The predicted molar refractivity (Wildman–Crippen MR) is 62.2 cm³/mol. The molecule has 0 aliphatic heterocycles. The first-order valence-corrected chi connectivity index (χ1v) is 6.00. The number of Topliss-reactive ketones (excluding diaryl/α,β-unsaturated/α-hetero) is 1. The number of hydrogen-bond donors (Lipinski definition) is 1. The van der Waals surface area contributed by atoms with Gasteiger partial charge in [0.2, 0.25) is 0 Å². The molecule has 0 amide bonds. The zero-order chi connectivity index (χ0) is 12.4. The van der Waals surface area contributed by atoms with E-state index >= 15 is 0 Å². The van der Waals surface area contributed by atoms with Crippen LogP contribution in [0.4, 0.5) is 0 Å². The van der Waals surface area contributed by atoms with Crippen LogP contribution in [0, 0.1) is 10.8 Å². The summed E-state index contributed by atoms with van der Waals surface area (Å²) in [4.78, 5) is 22.9. The van der Waals surface area contributed by atoms with Crippen molar-refractivity contribution >= 4 is 11.8 Å². The summed E-state index contributed by atoms with van der Waals surface area (Å²) in [6.45, 7) is 5.70. The molecule has 0 aromatic carbocycles. The molecule has 1 aliphatic rings. The van der Waals surface area contributed by atoms with Crippen molar-refractivity contribution < 1.29 is 14.7 Å². The lowest BCUT2D eigenvalue weighted by molar-refractivity contribution is -0.140. The Morgan fingerprint density at radius 2 is 1.62 bits per heavy atom. The number of rotatable bonds is 4. The number of carboxylic acid groups (broad SMARTS) is 1. The van der Waals surface area contributed by atoms with Crippen molar-refractivity contribution in [1.82, 2.24) is 0 Å². The van der Waals surface area contributed by atoms with Gasteiger partial charge in [-0.2, -0.15) is 0 Å². The second kappa shape index (κ2) is 4.56. The van der Waals surface area contributed by atoms with Crippen molar-refractivity contribution in [1.29, 1.82) is 0 Å². The molecule has 1 fully saturated rings. The fourth-order valence-electron chi connectivity index (χ4n) is 2.47. The van der Waals surface area contributed by atoms with E-state index in [1.165, 1.54) is 0 Å². The van der Waals surface area contributed by atoms with Crippen LogP contribution in [0.3, 0.4) is 0 Å². The summed E-state index contributed by atoms with van der Waals surface area (Å²) in [5.74, 6) is -0.584. The highest BCUT2D eigenvalue weighted by molar-refractivity contribution is 5.84. The van der Waals surface area contributed by atoms with Crippen molar-refractivity contribution in [3.05, 3.63) is 0 Å². The summed E-state index contributed by atoms with van der Waals surface area (Å²) >= 11 is 0. The van der Waals surface area contributed by atoms with Gasteiger partial charge in [-0.15, -0.1) is 0 Å². The lowest BCUT2D eigenvalue weighted by atomic mass is 9.73. The second-order valence-electron chi connectivity index (χ2n) is 6.13. The molecule has 0 spiro atoms. The van der Waals surface area contributed by atoms with Crippen molar-refractivity contribution in [2.24, 2.45) is 10.8 Å². The molecule has 92 valence electrons. The molecule has 1 aliphatic carbocycles. The van der Waals surface area contributed by atoms with E-state index < -0.39 is 5.97 Å². The molecule has 0 bridgehead atoms. The third-order valence-corrected chi connectivity index (χ3v) is 3.56. The SMILES string of the molecule is CC(C)(C)C(=O)CC1(CC(=O)O)CCCC1. The quantitative estimate of drug-likeness (QED) is 0.801. The van der Waals surface area contributed by atoms with Crippen LogP contribution in [0.1, 0.15) is 59.3 Å². The first-order valence-electron chi connectivity index (χ1n) is 6.00. The molecule has 0 saturated heterocycles. The molecule has 1 rings (SSSR count). The lowest BCUT2D eigenvalue weighted by Gasteiger charge is -2.29. The zero-order valence-corrected chi connectivity index (χ0v) is 10.5. The summed E-state index contributed by atoms with van der Waals surface area (Å²) in [6.07, 6.45) is 4.48. The monoisotopic (exact) mass is 226 g/mol. The number of carboxylic acids is 1. The smallest absolute Gasteiger partial charge is 0.303 e. The van der Waals surface area contributed by atoms with Crippen LogP contribution < -0.4 is 0 Å². The Morgan fingerprint density at radius 1 is 1.12 bits per heavy atom. The standard InChI is InChI=1S/C13H22O3/c1-12(2,3)10(14)8-13(9-11(15)16)6-4-5-7-13/h4-9H2,1-3H3,(H,15,16). The van der Waals surface area contributed by atoms with Crippen molar-refractivity contribution in [2.75, 3.05) is 0 Å². The average molecular weight is 226 g/mol. The van der Waals surface area contributed by atoms with Gasteiger partial charge in [0.15, 0.2) is 0 Å². The number of ketones is 1. The summed E-state index contributed by atoms with van der Waals surface area (Å²) < 4.78 is 0. The topological polar surface area (TPSA) is 54.4 Å². The van der Waals surface area contributed by atoms with Gasteiger partial charge in [-0.25, -0.2) is 0 Å². The maximum atomic E-state index is 12.0. The highest BCUT2D eigenvalue weighted by Gasteiger charge is 2.39. The van der Waals surface area contributed by atoms with E-state index in [9.17, 15) is 9.59 Å². The van der Waals surface area contributed by atoms with E-state index in [1.807, 2.05) is 20.8 Å². The zero-order valence-electron chi connectivity index (χ0n) is 10.5. The van der Waals surface area contributed by atoms with Gasteiger partial charge >= 0.3 is 5.97 Å². The normalized spacial score (nSPS) is 19.7. The highest BCUT2D eigenvalue weighted by atomic mass is 16.4. The third kappa shape index (κ3) is 3.32. The fourth-order valence-corrected chi connectivity index (χ4v) is 2.47. The number of aliphatic carboxylic acids is 1. The van der Waals surface area contributed by atoms with E-state index in [2.05, 4.69) is 0 Å². The Labute approximate surface area is 97.2 Å². The third-order valence-electron chi connectivity index (χ3n) is 3.56. The largest absolute Gasteiger partial charge is 0.481 e. The second-order valence-corrected chi connectivity index (χ2v) is 6.13. The molecule has 3 heteroatoms. The molecule has 0 aromatic heterocycles. The minimum absolute atomic E-state index is 0.148. The predicted octanol–water partition coefficient (Wildman–Crippen LogP) is 3.03. The molecule has 1 N–H and O–H groups in total. The summed E-state index contributed by atoms with van der Waals surface area (Å²) in [7, 11) is 0. The Bertz CT molecular complexity index is 280. The van der Waals surface area contributed by atoms with Crippen molar-refractivity contribution in [3.63, 3.8) is 0 Å². The van der Waals surface area contributed by atoms with Gasteiger partial charge < -0.3 is 5.11 Å². The maximum Gasteiger partial charge on any atom is 0.303 e. The first-order chi connectivity index (χ1) is 7.25. The molecular formula is C13H22O3. The van der Waals surface area contributed by atoms with Gasteiger partial charge in [0, 0.05) is 11.8 Å². The Morgan fingerprint density at radius 3 is 2.00 bits per heavy atom. The van der Waals surface area contributed by atoms with Crippen LogP contribution in [0.25, 0.3) is 0 Å². The minimum atomic E-state index is -0.774. The minimum Gasteiger partial charge on any atom is -0.481 e. The molecule has 3 nitrogen and oxygen atoms in total. The summed E-state index contributed by atoms with van der Waals surface area (Å²) in [6, 6.07) is 0. The van der Waals surface area contributed by atoms with Gasteiger partial charge in [0.25, 0.3) is 0 Å². The lowest BCUT2D eigenvalue weighted by Crippen LogP contribution is -2.30. The highest BCUT2D eigenvalue weighted by Crippen LogP contribution is 2.45. The molecule has 0 aromatic rings. The number of carbonyl (C=O) groups excluding carboxylic acids is 1. The van der Waals surface area contributed by atoms with Crippen LogP contribution in [-0.2, 0) is 9.59 Å². The molecule has 0 radical (unpaired) electrons. The average Bonchev–Trinajstić information content (AvgIpc) is 2.49. The Kier molecular flexibility index (Phi) is 3.76. The van der Waals surface area contributed by atoms with E-state index in [-0.39, 0.29) is 23.0 Å². The summed E-state index contributed by atoms with van der Waals surface area (Å²) in [5, 5.41) is 8.94. The molecule has 16 heavy (non-hydrogen) atoms. The van der Waals surface area contributed by atoms with Crippen LogP contribution in [0.5, 0.6) is 0 Å². The molecule has 0 heterocycles. The van der Waals surface area contributed by atoms with Gasteiger partial charge in [-0.1, -0.05) is 33.6 Å². The van der Waals surface area contributed by atoms with Gasteiger partial charge in [0.05, 0.1) is 6.42 Å². The number of hydrogen-bond acceptors (Lipinski definition) is 2. The maximum absolute atomic E-state index is 12.0. The van der Waals surface area contributed by atoms with E-state index in [0.717, 1.165) is 25.7 Å². The van der Waals surface area contributed by atoms with Gasteiger partial charge in [0.1, 0.15) is 5.78 Å². The van der Waals surface area contributed by atoms with Crippen LogP contribution >= 0.6 is 0 Å². The Hall–Kier alpha value is -0.860. The van der Waals surface area contributed by atoms with E-state index in [0.29, 0.717) is 6.42 Å². The summed E-state index contributed by atoms with van der Waals surface area (Å²) in [5.41, 5.74) is -0.607. The Balaban J connectivity index is 2.72. The first kappa shape index (κ1) is 13.2. The molecular weight excluding hydrogens is 204 g/mol. The molecule has 1 saturated carbocycles. The van der Waals surface area contributed by atoms with Crippen LogP contribution in [-0.4, -0.2) is 16.9 Å². The van der Waals surface area contributed by atoms with Crippen LogP contribution in [0.15, 0.2) is 0 Å². The van der Waals surface area contributed by atoms with E-state index in [1.54, 1.807) is 0 Å². The van der Waals surface area contributed by atoms with Gasteiger partial charge in [-0.05, 0) is 18.3 Å².